The number of nitrogens with zero attached hydrogens (tertiary/aromatic N) is 2. The van der Waals surface area contributed by atoms with Gasteiger partial charge >= 0.3 is 5.97 Å². The molecule has 2 saturated heterocycles. The van der Waals surface area contributed by atoms with Gasteiger partial charge in [-0.05, 0) is 38.7 Å². The van der Waals surface area contributed by atoms with Gasteiger partial charge in [-0.1, -0.05) is 30.3 Å². The van der Waals surface area contributed by atoms with Crippen LogP contribution in [-0.4, -0.2) is 59.0 Å². The van der Waals surface area contributed by atoms with Crippen molar-refractivity contribution in [2.45, 2.75) is 45.6 Å². The number of carboxylic acids is 1. The van der Waals surface area contributed by atoms with Crippen LogP contribution < -0.4 is 0 Å². The summed E-state index contributed by atoms with van der Waals surface area (Å²) in [6, 6.07) is 10.4. The second kappa shape index (κ2) is 7.78. The molecule has 0 saturated carbocycles. The molecule has 1 N–H and O–H groups in total. The number of likely N-dealkylation sites (tertiary alicyclic amines) is 2. The average molecular weight is 358 g/mol. The normalized spacial score (nSPS) is 26.6. The number of amides is 1. The fourth-order valence-corrected chi connectivity index (χ4v) is 4.50. The minimum Gasteiger partial charge on any atom is -0.481 e. The van der Waals surface area contributed by atoms with Gasteiger partial charge < -0.3 is 10.0 Å². The van der Waals surface area contributed by atoms with Crippen LogP contribution in [-0.2, 0) is 16.0 Å². The first-order chi connectivity index (χ1) is 12.4. The fourth-order valence-electron chi connectivity index (χ4n) is 4.50. The third-order valence-corrected chi connectivity index (χ3v) is 6.19. The van der Waals surface area contributed by atoms with Crippen molar-refractivity contribution in [3.8, 4) is 0 Å². The Balaban J connectivity index is 1.68. The van der Waals surface area contributed by atoms with Crippen molar-refractivity contribution >= 4 is 11.9 Å². The number of hydrogen-bond donors (Lipinski definition) is 1. The number of carbonyl (C=O) groups is 2. The topological polar surface area (TPSA) is 60.9 Å². The average Bonchev–Trinajstić information content (AvgIpc) is 2.90. The van der Waals surface area contributed by atoms with E-state index in [1.54, 1.807) is 0 Å². The molecule has 2 atom stereocenters. The molecule has 2 heterocycles. The quantitative estimate of drug-likeness (QED) is 0.879. The Kier molecular flexibility index (Phi) is 5.66. The van der Waals surface area contributed by atoms with E-state index in [-0.39, 0.29) is 11.8 Å². The maximum atomic E-state index is 12.8. The second-order valence-corrected chi connectivity index (χ2v) is 8.11. The van der Waals surface area contributed by atoms with Gasteiger partial charge in [0, 0.05) is 44.6 Å². The highest BCUT2D eigenvalue weighted by Crippen LogP contribution is 2.43. The summed E-state index contributed by atoms with van der Waals surface area (Å²) in [5.74, 6) is -0.521. The zero-order chi connectivity index (χ0) is 18.7. The van der Waals surface area contributed by atoms with Crippen molar-refractivity contribution in [1.82, 2.24) is 9.80 Å². The lowest BCUT2D eigenvalue weighted by Crippen LogP contribution is -2.42. The number of aliphatic carboxylic acids is 1. The molecule has 2 aliphatic heterocycles. The van der Waals surface area contributed by atoms with Crippen LogP contribution in [0.25, 0.3) is 0 Å². The van der Waals surface area contributed by atoms with E-state index < -0.39 is 11.4 Å². The highest BCUT2D eigenvalue weighted by molar-refractivity contribution is 5.78. The van der Waals surface area contributed by atoms with Crippen LogP contribution in [0.1, 0.15) is 38.7 Å². The van der Waals surface area contributed by atoms with Gasteiger partial charge in [-0.2, -0.15) is 0 Å². The molecule has 1 amide bonds. The molecule has 3 rings (SSSR count). The van der Waals surface area contributed by atoms with E-state index in [0.29, 0.717) is 38.5 Å². The van der Waals surface area contributed by atoms with Gasteiger partial charge in [0.2, 0.25) is 5.91 Å². The zero-order valence-electron chi connectivity index (χ0n) is 15.9. The highest BCUT2D eigenvalue weighted by Gasteiger charge is 2.53. The van der Waals surface area contributed by atoms with Crippen molar-refractivity contribution < 1.29 is 14.7 Å². The molecular formula is C21H30N2O3. The molecule has 26 heavy (non-hydrogen) atoms. The lowest BCUT2D eigenvalue weighted by Gasteiger charge is -2.29. The molecule has 5 nitrogen and oxygen atoms in total. The van der Waals surface area contributed by atoms with Gasteiger partial charge in [0.05, 0.1) is 5.41 Å². The van der Waals surface area contributed by atoms with Crippen molar-refractivity contribution in [3.63, 3.8) is 0 Å². The minimum atomic E-state index is -0.696. The van der Waals surface area contributed by atoms with Crippen LogP contribution >= 0.6 is 0 Å². The Morgan fingerprint density at radius 3 is 2.62 bits per heavy atom. The summed E-state index contributed by atoms with van der Waals surface area (Å²) in [7, 11) is 0. The third kappa shape index (κ3) is 3.78. The number of aryl methyl sites for hydroxylation is 1. The van der Waals surface area contributed by atoms with Crippen LogP contribution in [0.4, 0.5) is 0 Å². The zero-order valence-corrected chi connectivity index (χ0v) is 15.9. The molecule has 0 unspecified atom stereocenters. The van der Waals surface area contributed by atoms with Gasteiger partial charge in [-0.15, -0.1) is 0 Å². The first kappa shape index (κ1) is 18.9. The number of hydrogen-bond acceptors (Lipinski definition) is 3. The van der Waals surface area contributed by atoms with Crippen molar-refractivity contribution in [1.29, 1.82) is 0 Å². The predicted octanol–water partition coefficient (Wildman–Crippen LogP) is 2.65. The van der Waals surface area contributed by atoms with E-state index in [9.17, 15) is 14.7 Å². The third-order valence-electron chi connectivity index (χ3n) is 6.19. The Morgan fingerprint density at radius 1 is 1.23 bits per heavy atom. The van der Waals surface area contributed by atoms with Crippen molar-refractivity contribution in [3.05, 3.63) is 35.9 Å². The molecule has 1 aromatic rings. The molecule has 0 aliphatic carbocycles. The Labute approximate surface area is 156 Å². The van der Waals surface area contributed by atoms with Crippen LogP contribution in [0, 0.1) is 11.3 Å². The molecule has 5 heteroatoms. The van der Waals surface area contributed by atoms with Crippen LogP contribution in [0.5, 0.6) is 0 Å². The summed E-state index contributed by atoms with van der Waals surface area (Å²) in [5, 5.41) is 9.97. The molecule has 0 bridgehead atoms. The molecule has 0 spiro atoms. The molecule has 2 fully saturated rings. The standard InChI is InChI=1S/C21H30N2O3/c1-16(2)23-14-18-13-22(12-6-11-21(18,15-23)20(25)26)19(24)10-9-17-7-4-3-5-8-17/h3-5,7-8,16,18H,6,9-15H2,1-2H3,(H,25,26)/t18-,21-/m1/s1. The monoisotopic (exact) mass is 358 g/mol. The Bertz CT molecular complexity index is 646. The van der Waals surface area contributed by atoms with E-state index in [1.807, 2.05) is 35.2 Å². The summed E-state index contributed by atoms with van der Waals surface area (Å²) in [6.07, 6.45) is 2.66. The van der Waals surface area contributed by atoms with Gasteiger partial charge in [0.25, 0.3) is 0 Å². The summed E-state index contributed by atoms with van der Waals surface area (Å²) in [4.78, 5) is 29.1. The summed E-state index contributed by atoms with van der Waals surface area (Å²) >= 11 is 0. The number of fused-ring (bicyclic) bond motifs is 1. The lowest BCUT2D eigenvalue weighted by atomic mass is 9.75. The Hall–Kier alpha value is -1.88. The van der Waals surface area contributed by atoms with Gasteiger partial charge in [-0.3, -0.25) is 14.5 Å². The largest absolute Gasteiger partial charge is 0.481 e. The molecular weight excluding hydrogens is 328 g/mol. The van der Waals surface area contributed by atoms with Gasteiger partial charge in [-0.25, -0.2) is 0 Å². The number of benzene rings is 1. The smallest absolute Gasteiger partial charge is 0.311 e. The molecule has 0 radical (unpaired) electrons. The minimum absolute atomic E-state index is 0.0191. The predicted molar refractivity (Wildman–Crippen MR) is 101 cm³/mol. The van der Waals surface area contributed by atoms with Gasteiger partial charge in [0.1, 0.15) is 0 Å². The molecule has 142 valence electrons. The van der Waals surface area contributed by atoms with Crippen LogP contribution in [0.3, 0.4) is 0 Å². The van der Waals surface area contributed by atoms with E-state index in [4.69, 9.17) is 0 Å². The maximum absolute atomic E-state index is 12.8. The van der Waals surface area contributed by atoms with E-state index in [0.717, 1.165) is 19.4 Å². The maximum Gasteiger partial charge on any atom is 0.311 e. The molecule has 2 aliphatic rings. The van der Waals surface area contributed by atoms with E-state index >= 15 is 0 Å². The molecule has 1 aromatic carbocycles. The SMILES string of the molecule is CC(C)N1C[C@H]2CN(C(=O)CCc3ccccc3)CCC[C@@]2(C(=O)O)C1. The van der Waals surface area contributed by atoms with Gasteiger partial charge in [0.15, 0.2) is 0 Å². The first-order valence-electron chi connectivity index (χ1n) is 9.71. The second-order valence-electron chi connectivity index (χ2n) is 8.11. The molecule has 0 aromatic heterocycles. The summed E-state index contributed by atoms with van der Waals surface area (Å²) < 4.78 is 0. The summed E-state index contributed by atoms with van der Waals surface area (Å²) in [6.45, 7) is 6.86. The fraction of sp³-hybridized carbons (Fsp3) is 0.619. The number of carboxylic acid groups (broad SMARTS) is 1. The van der Waals surface area contributed by atoms with Crippen molar-refractivity contribution in [2.24, 2.45) is 11.3 Å². The van der Waals surface area contributed by atoms with Crippen LogP contribution in [0.15, 0.2) is 30.3 Å². The first-order valence-corrected chi connectivity index (χ1v) is 9.71. The van der Waals surface area contributed by atoms with Crippen molar-refractivity contribution in [2.75, 3.05) is 26.2 Å². The van der Waals surface area contributed by atoms with E-state index in [1.165, 1.54) is 5.56 Å². The van der Waals surface area contributed by atoms with E-state index in [2.05, 4.69) is 18.7 Å². The lowest BCUT2D eigenvalue weighted by molar-refractivity contribution is -0.151. The number of rotatable bonds is 5. The highest BCUT2D eigenvalue weighted by atomic mass is 16.4. The Morgan fingerprint density at radius 2 is 1.96 bits per heavy atom. The number of carbonyl (C=O) groups excluding carboxylic acids is 1. The van der Waals surface area contributed by atoms with Crippen LogP contribution in [0.2, 0.25) is 0 Å². The summed E-state index contributed by atoms with van der Waals surface area (Å²) in [5.41, 5.74) is 0.473.